The monoisotopic (exact) mass is 634 g/mol. The van der Waals surface area contributed by atoms with Crippen LogP contribution in [0, 0.1) is 3.57 Å². The molecule has 1 aliphatic rings. The fourth-order valence-corrected chi connectivity index (χ4v) is 4.96. The molecule has 168 valence electrons. The molecule has 4 rings (SSSR count). The zero-order valence-electron chi connectivity index (χ0n) is 17.7. The lowest BCUT2D eigenvalue weighted by molar-refractivity contribution is -0.115. The summed E-state index contributed by atoms with van der Waals surface area (Å²) in [7, 11) is 0. The van der Waals surface area contributed by atoms with E-state index in [1.165, 1.54) is 11.8 Å². The second kappa shape index (κ2) is 11.2. The standard InChI is InChI=1S/C25H20BrIN2O3S/c1-2-31-21-13-17(12-20(27)23(21)32-15-16-6-4-3-5-7-16)14-22-24(30)29-25(33-22)28-19-10-8-18(26)9-11-19/h3-14H,2,15H2,1H3,(H,28,29,30)/b22-14+. The molecule has 3 aromatic carbocycles. The molecule has 0 aromatic heterocycles. The summed E-state index contributed by atoms with van der Waals surface area (Å²) in [5, 5.41) is 3.38. The van der Waals surface area contributed by atoms with Gasteiger partial charge in [0.05, 0.1) is 20.8 Å². The summed E-state index contributed by atoms with van der Waals surface area (Å²) in [6.07, 6.45) is 1.84. The molecule has 5 nitrogen and oxygen atoms in total. The van der Waals surface area contributed by atoms with Gasteiger partial charge in [-0.2, -0.15) is 0 Å². The number of halogens is 2. The van der Waals surface area contributed by atoms with Gasteiger partial charge in [0.25, 0.3) is 5.91 Å². The zero-order chi connectivity index (χ0) is 23.2. The Hall–Kier alpha value is -2.30. The lowest BCUT2D eigenvalue weighted by atomic mass is 10.2. The number of carbonyl (C=O) groups is 1. The van der Waals surface area contributed by atoms with E-state index in [0.717, 1.165) is 24.9 Å². The quantitative estimate of drug-likeness (QED) is 0.226. The highest BCUT2D eigenvalue weighted by molar-refractivity contribution is 14.1. The second-order valence-corrected chi connectivity index (χ2v) is 10.1. The van der Waals surface area contributed by atoms with Crippen molar-refractivity contribution >= 4 is 73.1 Å². The van der Waals surface area contributed by atoms with Gasteiger partial charge < -0.3 is 14.8 Å². The maximum absolute atomic E-state index is 12.5. The number of aliphatic imine (C=N–C) groups is 1. The molecule has 1 fully saturated rings. The number of nitrogens with one attached hydrogen (secondary N) is 1. The Morgan fingerprint density at radius 1 is 1.09 bits per heavy atom. The van der Waals surface area contributed by atoms with E-state index >= 15 is 0 Å². The van der Waals surface area contributed by atoms with E-state index in [1.807, 2.05) is 79.7 Å². The minimum absolute atomic E-state index is 0.173. The van der Waals surface area contributed by atoms with Crippen molar-refractivity contribution in [3.8, 4) is 11.5 Å². The number of amidine groups is 1. The minimum atomic E-state index is -0.173. The van der Waals surface area contributed by atoms with Crippen molar-refractivity contribution in [2.45, 2.75) is 13.5 Å². The number of amides is 1. The molecule has 8 heteroatoms. The third kappa shape index (κ3) is 6.39. The second-order valence-electron chi connectivity index (χ2n) is 7.00. The Balaban J connectivity index is 1.55. The largest absolute Gasteiger partial charge is 0.490 e. The van der Waals surface area contributed by atoms with Gasteiger partial charge in [-0.25, -0.2) is 4.99 Å². The van der Waals surface area contributed by atoms with E-state index in [2.05, 4.69) is 48.8 Å². The van der Waals surface area contributed by atoms with Crippen LogP contribution in [0.25, 0.3) is 6.08 Å². The summed E-state index contributed by atoms with van der Waals surface area (Å²) in [6, 6.07) is 21.5. The molecule has 1 saturated heterocycles. The van der Waals surface area contributed by atoms with Crippen molar-refractivity contribution in [1.29, 1.82) is 0 Å². The summed E-state index contributed by atoms with van der Waals surface area (Å²) in [4.78, 5) is 17.6. The summed E-state index contributed by atoms with van der Waals surface area (Å²) in [5.74, 6) is 1.18. The SMILES string of the molecule is CCOc1cc(/C=C2/SC(=Nc3ccc(Br)cc3)NC2=O)cc(I)c1OCc1ccccc1. The van der Waals surface area contributed by atoms with Gasteiger partial charge in [0.1, 0.15) is 6.61 Å². The van der Waals surface area contributed by atoms with E-state index in [4.69, 9.17) is 9.47 Å². The summed E-state index contributed by atoms with van der Waals surface area (Å²) >= 11 is 6.96. The molecule has 1 N–H and O–H groups in total. The van der Waals surface area contributed by atoms with Gasteiger partial charge in [0.15, 0.2) is 16.7 Å². The molecule has 1 aliphatic heterocycles. The summed E-state index contributed by atoms with van der Waals surface area (Å²) < 4.78 is 13.8. The number of benzene rings is 3. The molecule has 1 heterocycles. The van der Waals surface area contributed by atoms with Gasteiger partial charge in [0.2, 0.25) is 0 Å². The molecule has 0 unspecified atom stereocenters. The Labute approximate surface area is 218 Å². The number of rotatable bonds is 7. The third-order valence-electron chi connectivity index (χ3n) is 4.56. The van der Waals surface area contributed by atoms with Crippen LogP contribution >= 0.6 is 50.3 Å². The molecule has 0 aliphatic carbocycles. The average molecular weight is 635 g/mol. The highest BCUT2D eigenvalue weighted by Gasteiger charge is 2.24. The topological polar surface area (TPSA) is 59.9 Å². The van der Waals surface area contributed by atoms with Gasteiger partial charge in [-0.3, -0.25) is 4.79 Å². The first-order valence-electron chi connectivity index (χ1n) is 10.2. The third-order valence-corrected chi connectivity index (χ3v) is 6.80. The first-order valence-corrected chi connectivity index (χ1v) is 12.9. The van der Waals surface area contributed by atoms with Crippen LogP contribution in [0.3, 0.4) is 0 Å². The zero-order valence-corrected chi connectivity index (χ0v) is 22.2. The highest BCUT2D eigenvalue weighted by Crippen LogP contribution is 2.37. The first kappa shape index (κ1) is 23.8. The Morgan fingerprint density at radius 2 is 1.85 bits per heavy atom. The van der Waals surface area contributed by atoms with Crippen molar-refractivity contribution < 1.29 is 14.3 Å². The smallest absolute Gasteiger partial charge is 0.264 e. The Bertz CT molecular complexity index is 1210. The average Bonchev–Trinajstić information content (AvgIpc) is 3.14. The van der Waals surface area contributed by atoms with Crippen LogP contribution in [0.1, 0.15) is 18.1 Å². The van der Waals surface area contributed by atoms with Gasteiger partial charge in [-0.1, -0.05) is 46.3 Å². The van der Waals surface area contributed by atoms with Gasteiger partial charge >= 0.3 is 0 Å². The van der Waals surface area contributed by atoms with E-state index in [-0.39, 0.29) is 5.91 Å². The van der Waals surface area contributed by atoms with Gasteiger partial charge in [-0.05, 0) is 94.9 Å². The normalized spacial score (nSPS) is 15.7. The molecular weight excluding hydrogens is 615 g/mol. The van der Waals surface area contributed by atoms with E-state index < -0.39 is 0 Å². The lowest BCUT2D eigenvalue weighted by Gasteiger charge is -2.15. The Kier molecular flexibility index (Phi) is 8.11. The van der Waals surface area contributed by atoms with Crippen LogP contribution in [-0.4, -0.2) is 17.7 Å². The van der Waals surface area contributed by atoms with Gasteiger partial charge in [0, 0.05) is 4.47 Å². The highest BCUT2D eigenvalue weighted by atomic mass is 127. The summed E-state index contributed by atoms with van der Waals surface area (Å²) in [6.45, 7) is 2.90. The van der Waals surface area contributed by atoms with Crippen molar-refractivity contribution in [1.82, 2.24) is 5.32 Å². The van der Waals surface area contributed by atoms with Crippen LogP contribution in [0.2, 0.25) is 0 Å². The van der Waals surface area contributed by atoms with Crippen LogP contribution < -0.4 is 14.8 Å². The minimum Gasteiger partial charge on any atom is -0.490 e. The molecule has 0 radical (unpaired) electrons. The van der Waals surface area contributed by atoms with Crippen LogP contribution in [-0.2, 0) is 11.4 Å². The van der Waals surface area contributed by atoms with Crippen LogP contribution in [0.5, 0.6) is 11.5 Å². The van der Waals surface area contributed by atoms with Crippen molar-refractivity contribution in [2.75, 3.05) is 6.61 Å². The lowest BCUT2D eigenvalue weighted by Crippen LogP contribution is -2.19. The number of ether oxygens (including phenoxy) is 2. The number of nitrogens with zero attached hydrogens (tertiary/aromatic N) is 1. The maximum Gasteiger partial charge on any atom is 0.264 e. The van der Waals surface area contributed by atoms with Crippen molar-refractivity contribution in [3.05, 3.63) is 90.8 Å². The molecule has 0 saturated carbocycles. The van der Waals surface area contributed by atoms with E-state index in [1.54, 1.807) is 0 Å². The molecule has 0 atom stereocenters. The maximum atomic E-state index is 12.5. The molecule has 0 spiro atoms. The number of thioether (sulfide) groups is 1. The van der Waals surface area contributed by atoms with Crippen LogP contribution in [0.15, 0.2) is 81.1 Å². The number of hydrogen-bond acceptors (Lipinski definition) is 5. The summed E-state index contributed by atoms with van der Waals surface area (Å²) in [5.41, 5.74) is 2.71. The fourth-order valence-electron chi connectivity index (χ4n) is 3.07. The number of hydrogen-bond donors (Lipinski definition) is 1. The predicted octanol–water partition coefficient (Wildman–Crippen LogP) is 6.92. The van der Waals surface area contributed by atoms with E-state index in [9.17, 15) is 4.79 Å². The predicted molar refractivity (Wildman–Crippen MR) is 146 cm³/mol. The fraction of sp³-hybridized carbons (Fsp3) is 0.120. The molecule has 0 bridgehead atoms. The number of carbonyl (C=O) groups excluding carboxylic acids is 1. The van der Waals surface area contributed by atoms with E-state index in [0.29, 0.717) is 34.8 Å². The molecular formula is C25H20BrIN2O3S. The van der Waals surface area contributed by atoms with Crippen molar-refractivity contribution in [3.63, 3.8) is 0 Å². The first-order chi connectivity index (χ1) is 16.0. The van der Waals surface area contributed by atoms with Gasteiger partial charge in [-0.15, -0.1) is 0 Å². The van der Waals surface area contributed by atoms with Crippen LogP contribution in [0.4, 0.5) is 5.69 Å². The molecule has 3 aromatic rings. The Morgan fingerprint density at radius 3 is 2.58 bits per heavy atom. The molecule has 33 heavy (non-hydrogen) atoms. The molecule has 1 amide bonds. The van der Waals surface area contributed by atoms with Crippen molar-refractivity contribution in [2.24, 2.45) is 4.99 Å².